The highest BCUT2D eigenvalue weighted by atomic mass is 32.1. The summed E-state index contributed by atoms with van der Waals surface area (Å²) >= 11 is 3.37. The van der Waals surface area contributed by atoms with E-state index in [9.17, 15) is 0 Å². The van der Waals surface area contributed by atoms with Crippen molar-refractivity contribution in [1.29, 1.82) is 0 Å². The zero-order valence-corrected chi connectivity index (χ0v) is 11.8. The Kier molecular flexibility index (Phi) is 3.81. The van der Waals surface area contributed by atoms with Gasteiger partial charge in [-0.1, -0.05) is 0 Å². The van der Waals surface area contributed by atoms with Crippen molar-refractivity contribution in [3.05, 3.63) is 31.9 Å². The summed E-state index contributed by atoms with van der Waals surface area (Å²) in [6, 6.07) is 2.01. The Morgan fingerprint density at radius 1 is 1.47 bits per heavy atom. The molecule has 0 saturated heterocycles. The largest absolute Gasteiger partial charge is 0.496 e. The minimum Gasteiger partial charge on any atom is -0.496 e. The summed E-state index contributed by atoms with van der Waals surface area (Å²) in [5.41, 5.74) is 7.29. The summed E-state index contributed by atoms with van der Waals surface area (Å²) < 4.78 is 5.16. The molecule has 5 heteroatoms. The number of hydrogen-bond acceptors (Lipinski definition) is 5. The van der Waals surface area contributed by atoms with Gasteiger partial charge in [-0.05, 0) is 19.9 Å². The third-order valence-corrected chi connectivity index (χ3v) is 4.80. The number of aryl methyl sites for hydroxylation is 2. The van der Waals surface area contributed by atoms with Gasteiger partial charge in [0, 0.05) is 27.6 Å². The number of nitrogens with two attached hydrogens (primary N) is 1. The number of rotatable bonds is 4. The topological polar surface area (TPSA) is 48.1 Å². The fraction of sp³-hybridized carbons (Fsp3) is 0.417. The maximum atomic E-state index is 6.18. The molecular weight excluding hydrogens is 252 g/mol. The van der Waals surface area contributed by atoms with E-state index in [4.69, 9.17) is 10.5 Å². The number of thiazole rings is 1. The molecule has 1 unspecified atom stereocenters. The van der Waals surface area contributed by atoms with Crippen LogP contribution in [0.3, 0.4) is 0 Å². The van der Waals surface area contributed by atoms with Gasteiger partial charge in [0.15, 0.2) is 0 Å². The molecule has 17 heavy (non-hydrogen) atoms. The molecule has 3 nitrogen and oxygen atoms in total. The van der Waals surface area contributed by atoms with Crippen LogP contribution >= 0.6 is 22.7 Å². The van der Waals surface area contributed by atoms with Gasteiger partial charge in [-0.25, -0.2) is 4.98 Å². The lowest BCUT2D eigenvalue weighted by atomic mass is 10.2. The molecule has 0 spiro atoms. The van der Waals surface area contributed by atoms with Crippen molar-refractivity contribution >= 4 is 22.7 Å². The average molecular weight is 268 g/mol. The van der Waals surface area contributed by atoms with Crippen molar-refractivity contribution in [2.45, 2.75) is 26.3 Å². The molecule has 0 bridgehead atoms. The lowest BCUT2D eigenvalue weighted by Crippen LogP contribution is -2.11. The fourth-order valence-electron chi connectivity index (χ4n) is 1.55. The Hall–Kier alpha value is -0.910. The predicted octanol–water partition coefficient (Wildman–Crippen LogP) is 3.07. The maximum Gasteiger partial charge on any atom is 0.129 e. The van der Waals surface area contributed by atoms with Gasteiger partial charge in [0.1, 0.15) is 5.75 Å². The molecule has 0 radical (unpaired) electrons. The molecule has 2 rings (SSSR count). The highest BCUT2D eigenvalue weighted by Gasteiger charge is 2.13. The molecule has 2 N–H and O–H groups in total. The molecule has 0 fully saturated rings. The summed E-state index contributed by atoms with van der Waals surface area (Å²) in [5.74, 6) is 0.881. The second kappa shape index (κ2) is 5.16. The van der Waals surface area contributed by atoms with Crippen molar-refractivity contribution in [2.75, 3.05) is 7.11 Å². The normalized spacial score (nSPS) is 12.7. The van der Waals surface area contributed by atoms with Crippen LogP contribution in [-0.2, 0) is 6.42 Å². The number of nitrogens with zero attached hydrogens (tertiary/aromatic N) is 1. The van der Waals surface area contributed by atoms with Crippen molar-refractivity contribution < 1.29 is 4.74 Å². The first-order valence-corrected chi connectivity index (χ1v) is 7.10. The highest BCUT2D eigenvalue weighted by molar-refractivity contribution is 7.11. The Labute approximate surface area is 109 Å². The van der Waals surface area contributed by atoms with E-state index in [-0.39, 0.29) is 6.04 Å². The van der Waals surface area contributed by atoms with Crippen LogP contribution in [0, 0.1) is 13.8 Å². The summed E-state index contributed by atoms with van der Waals surface area (Å²) in [7, 11) is 1.67. The van der Waals surface area contributed by atoms with Crippen LogP contribution in [0.2, 0.25) is 0 Å². The van der Waals surface area contributed by atoms with Crippen LogP contribution in [-0.4, -0.2) is 12.1 Å². The van der Waals surface area contributed by atoms with Crippen LogP contribution in [0.5, 0.6) is 5.75 Å². The van der Waals surface area contributed by atoms with Crippen LogP contribution in [0.25, 0.3) is 0 Å². The molecule has 2 aromatic heterocycles. The van der Waals surface area contributed by atoms with E-state index in [1.54, 1.807) is 29.8 Å². The van der Waals surface area contributed by atoms with E-state index in [0.29, 0.717) is 0 Å². The van der Waals surface area contributed by atoms with Gasteiger partial charge in [-0.15, -0.1) is 22.7 Å². The average Bonchev–Trinajstić information content (AvgIpc) is 2.87. The molecule has 2 heterocycles. The van der Waals surface area contributed by atoms with Gasteiger partial charge in [-0.2, -0.15) is 0 Å². The Balaban J connectivity index is 2.08. The number of hydrogen-bond donors (Lipinski definition) is 1. The third kappa shape index (κ3) is 2.86. The van der Waals surface area contributed by atoms with E-state index in [2.05, 4.69) is 11.9 Å². The lowest BCUT2D eigenvalue weighted by Gasteiger charge is -2.06. The molecule has 0 aliphatic heterocycles. The van der Waals surface area contributed by atoms with Crippen LogP contribution < -0.4 is 10.5 Å². The summed E-state index contributed by atoms with van der Waals surface area (Å²) in [4.78, 5) is 6.93. The summed E-state index contributed by atoms with van der Waals surface area (Å²) in [5, 5.41) is 3.09. The van der Waals surface area contributed by atoms with E-state index in [1.807, 2.05) is 18.4 Å². The van der Waals surface area contributed by atoms with Gasteiger partial charge in [0.25, 0.3) is 0 Å². The summed E-state index contributed by atoms with van der Waals surface area (Å²) in [6.07, 6.45) is 0.795. The van der Waals surface area contributed by atoms with Gasteiger partial charge < -0.3 is 10.5 Å². The number of methoxy groups -OCH3 is 1. The smallest absolute Gasteiger partial charge is 0.129 e. The molecule has 0 amide bonds. The van der Waals surface area contributed by atoms with E-state index < -0.39 is 0 Å². The molecule has 2 aromatic rings. The van der Waals surface area contributed by atoms with Gasteiger partial charge >= 0.3 is 0 Å². The SMILES string of the molecule is COc1csc(C(N)Cc2nc(C)c(C)s2)c1. The zero-order chi connectivity index (χ0) is 12.4. The highest BCUT2D eigenvalue weighted by Crippen LogP contribution is 2.28. The molecular formula is C12H16N2OS2. The number of ether oxygens (including phenoxy) is 1. The predicted molar refractivity (Wildman–Crippen MR) is 73.1 cm³/mol. The van der Waals surface area contributed by atoms with Crippen LogP contribution in [0.4, 0.5) is 0 Å². The number of thiophene rings is 1. The van der Waals surface area contributed by atoms with Crippen molar-refractivity contribution in [2.24, 2.45) is 5.73 Å². The second-order valence-corrected chi connectivity index (χ2v) is 6.18. The molecule has 92 valence electrons. The Morgan fingerprint density at radius 2 is 2.24 bits per heavy atom. The molecule has 0 aliphatic rings. The lowest BCUT2D eigenvalue weighted by molar-refractivity contribution is 0.416. The molecule has 1 atom stereocenters. The van der Waals surface area contributed by atoms with Gasteiger partial charge in [0.05, 0.1) is 17.8 Å². The van der Waals surface area contributed by atoms with Crippen molar-refractivity contribution in [3.8, 4) is 5.75 Å². The molecule has 0 aliphatic carbocycles. The molecule has 0 aromatic carbocycles. The first kappa shape index (κ1) is 12.5. The van der Waals surface area contributed by atoms with Crippen molar-refractivity contribution in [1.82, 2.24) is 4.98 Å². The number of aromatic nitrogens is 1. The fourth-order valence-corrected chi connectivity index (χ4v) is 3.40. The minimum absolute atomic E-state index is 0.00819. The van der Waals surface area contributed by atoms with Gasteiger partial charge in [0.2, 0.25) is 0 Å². The Bertz CT molecular complexity index is 485. The van der Waals surface area contributed by atoms with E-state index in [1.165, 1.54) is 4.88 Å². The standard InChI is InChI=1S/C12H16N2OS2/c1-7-8(2)17-12(14-7)5-10(13)11-4-9(15-3)6-16-11/h4,6,10H,5,13H2,1-3H3. The van der Waals surface area contributed by atoms with E-state index in [0.717, 1.165) is 27.7 Å². The van der Waals surface area contributed by atoms with E-state index >= 15 is 0 Å². The molecule has 0 saturated carbocycles. The third-order valence-electron chi connectivity index (χ3n) is 2.66. The van der Waals surface area contributed by atoms with Crippen LogP contribution in [0.15, 0.2) is 11.4 Å². The Morgan fingerprint density at radius 3 is 2.76 bits per heavy atom. The van der Waals surface area contributed by atoms with Gasteiger partial charge in [-0.3, -0.25) is 0 Å². The summed E-state index contributed by atoms with van der Waals surface area (Å²) in [6.45, 7) is 4.13. The quantitative estimate of drug-likeness (QED) is 0.927. The second-order valence-electron chi connectivity index (χ2n) is 3.95. The first-order chi connectivity index (χ1) is 8.10. The van der Waals surface area contributed by atoms with Crippen LogP contribution in [0.1, 0.15) is 26.5 Å². The minimum atomic E-state index is 0.00819. The first-order valence-electron chi connectivity index (χ1n) is 5.41. The zero-order valence-electron chi connectivity index (χ0n) is 10.2. The maximum absolute atomic E-state index is 6.18. The van der Waals surface area contributed by atoms with Crippen molar-refractivity contribution in [3.63, 3.8) is 0 Å². The monoisotopic (exact) mass is 268 g/mol.